The number of amides is 1. The highest BCUT2D eigenvalue weighted by Crippen LogP contribution is 2.34. The Morgan fingerprint density at radius 1 is 0.844 bits per heavy atom. The van der Waals surface area contributed by atoms with Crippen molar-refractivity contribution in [1.82, 2.24) is 0 Å². The fraction of sp³-hybridized carbons (Fsp3) is 0.208. The smallest absolute Gasteiger partial charge is 0.262 e. The number of halogens is 2. The highest BCUT2D eigenvalue weighted by Gasteiger charge is 2.13. The van der Waals surface area contributed by atoms with Gasteiger partial charge in [-0.25, -0.2) is 0 Å². The monoisotopic (exact) mass is 474 g/mol. The van der Waals surface area contributed by atoms with Crippen LogP contribution in [0.5, 0.6) is 17.2 Å². The van der Waals surface area contributed by atoms with Crippen LogP contribution in [0.2, 0.25) is 10.0 Å². The minimum Gasteiger partial charge on any atom is -0.495 e. The van der Waals surface area contributed by atoms with Crippen molar-refractivity contribution in [1.29, 1.82) is 0 Å². The van der Waals surface area contributed by atoms with E-state index in [0.717, 1.165) is 16.8 Å². The van der Waals surface area contributed by atoms with E-state index in [9.17, 15) is 4.79 Å². The normalized spacial score (nSPS) is 10.4. The van der Waals surface area contributed by atoms with E-state index in [2.05, 4.69) is 10.6 Å². The number of ether oxygens (including phenoxy) is 3. The third kappa shape index (κ3) is 6.22. The Hall–Kier alpha value is -3.09. The molecule has 168 valence electrons. The Kier molecular flexibility index (Phi) is 8.09. The van der Waals surface area contributed by atoms with E-state index in [4.69, 9.17) is 37.4 Å². The number of hydrogen-bond donors (Lipinski definition) is 2. The molecular weight excluding hydrogens is 451 g/mol. The molecule has 3 aromatic rings. The summed E-state index contributed by atoms with van der Waals surface area (Å²) in [4.78, 5) is 12.2. The van der Waals surface area contributed by atoms with E-state index in [-0.39, 0.29) is 12.5 Å². The largest absolute Gasteiger partial charge is 0.495 e. The van der Waals surface area contributed by atoms with Gasteiger partial charge in [-0.3, -0.25) is 4.79 Å². The number of benzene rings is 3. The van der Waals surface area contributed by atoms with Crippen molar-refractivity contribution in [2.75, 3.05) is 31.5 Å². The first-order chi connectivity index (χ1) is 15.4. The average molecular weight is 475 g/mol. The molecule has 0 saturated heterocycles. The molecule has 0 unspecified atom stereocenters. The predicted octanol–water partition coefficient (Wildman–Crippen LogP) is 5.95. The van der Waals surface area contributed by atoms with Crippen LogP contribution in [0.1, 0.15) is 11.1 Å². The molecule has 6 nitrogen and oxygen atoms in total. The van der Waals surface area contributed by atoms with Crippen LogP contribution in [0.15, 0.2) is 54.6 Å². The summed E-state index contributed by atoms with van der Waals surface area (Å²) in [6.45, 7) is 2.24. The van der Waals surface area contributed by atoms with E-state index in [1.54, 1.807) is 31.4 Å². The molecule has 0 heterocycles. The van der Waals surface area contributed by atoms with Crippen molar-refractivity contribution in [2.24, 2.45) is 0 Å². The van der Waals surface area contributed by atoms with Crippen LogP contribution in [0.25, 0.3) is 0 Å². The van der Waals surface area contributed by atoms with Gasteiger partial charge in [0, 0.05) is 29.0 Å². The van der Waals surface area contributed by atoms with Crippen LogP contribution in [0, 0.1) is 6.92 Å². The lowest BCUT2D eigenvalue weighted by molar-refractivity contribution is -0.118. The molecule has 8 heteroatoms. The summed E-state index contributed by atoms with van der Waals surface area (Å²) < 4.78 is 16.2. The molecular formula is C24H24Cl2N2O4. The van der Waals surface area contributed by atoms with Crippen LogP contribution < -0.4 is 24.8 Å². The van der Waals surface area contributed by atoms with Gasteiger partial charge in [0.2, 0.25) is 0 Å². The van der Waals surface area contributed by atoms with Crippen LogP contribution in [0.3, 0.4) is 0 Å². The quantitative estimate of drug-likeness (QED) is 0.401. The SMILES string of the molecule is COc1ccc(NCc2cc(OC)c(OCC(=O)Nc3ccc(C)cc3)cc2Cl)cc1Cl. The fourth-order valence-electron chi connectivity index (χ4n) is 2.94. The second-order valence-corrected chi connectivity index (χ2v) is 7.81. The third-order valence-electron chi connectivity index (χ3n) is 4.66. The van der Waals surface area contributed by atoms with Gasteiger partial charge in [0.25, 0.3) is 5.91 Å². The molecule has 2 N–H and O–H groups in total. The molecule has 0 fully saturated rings. The van der Waals surface area contributed by atoms with Gasteiger partial charge in [-0.05, 0) is 48.9 Å². The first kappa shape index (κ1) is 23.6. The highest BCUT2D eigenvalue weighted by atomic mass is 35.5. The van der Waals surface area contributed by atoms with Crippen LogP contribution in [-0.4, -0.2) is 26.7 Å². The summed E-state index contributed by atoms with van der Waals surface area (Å²) in [6.07, 6.45) is 0. The van der Waals surface area contributed by atoms with Crippen molar-refractivity contribution in [3.63, 3.8) is 0 Å². The molecule has 0 atom stereocenters. The molecule has 0 spiro atoms. The topological polar surface area (TPSA) is 68.8 Å². The Morgan fingerprint density at radius 3 is 2.19 bits per heavy atom. The van der Waals surface area contributed by atoms with Crippen LogP contribution >= 0.6 is 23.2 Å². The van der Waals surface area contributed by atoms with Crippen molar-refractivity contribution in [2.45, 2.75) is 13.5 Å². The lowest BCUT2D eigenvalue weighted by Crippen LogP contribution is -2.20. The average Bonchev–Trinajstić information content (AvgIpc) is 2.78. The van der Waals surface area contributed by atoms with Gasteiger partial charge in [-0.1, -0.05) is 40.9 Å². The molecule has 32 heavy (non-hydrogen) atoms. The summed E-state index contributed by atoms with van der Waals surface area (Å²) >= 11 is 12.6. The van der Waals surface area contributed by atoms with Crippen molar-refractivity contribution < 1.29 is 19.0 Å². The summed E-state index contributed by atoms with van der Waals surface area (Å²) in [7, 11) is 3.10. The van der Waals surface area contributed by atoms with Crippen molar-refractivity contribution in [3.8, 4) is 17.2 Å². The number of anilines is 2. The van der Waals surface area contributed by atoms with Crippen molar-refractivity contribution in [3.05, 3.63) is 75.8 Å². The molecule has 0 aliphatic carbocycles. The van der Waals surface area contributed by atoms with Gasteiger partial charge in [-0.15, -0.1) is 0 Å². The summed E-state index contributed by atoms with van der Waals surface area (Å²) in [5, 5.41) is 7.03. The Morgan fingerprint density at radius 2 is 1.53 bits per heavy atom. The van der Waals surface area contributed by atoms with Crippen LogP contribution in [0.4, 0.5) is 11.4 Å². The number of carbonyl (C=O) groups is 1. The van der Waals surface area contributed by atoms with Gasteiger partial charge in [-0.2, -0.15) is 0 Å². The fourth-order valence-corrected chi connectivity index (χ4v) is 3.41. The van der Waals surface area contributed by atoms with E-state index < -0.39 is 0 Å². The number of nitrogens with one attached hydrogen (secondary N) is 2. The number of carbonyl (C=O) groups excluding carboxylic acids is 1. The Bertz CT molecular complexity index is 1090. The number of rotatable bonds is 9. The van der Waals surface area contributed by atoms with E-state index in [0.29, 0.717) is 39.5 Å². The molecule has 3 aromatic carbocycles. The molecule has 0 radical (unpaired) electrons. The van der Waals surface area contributed by atoms with E-state index in [1.165, 1.54) is 7.11 Å². The maximum Gasteiger partial charge on any atom is 0.262 e. The predicted molar refractivity (Wildman–Crippen MR) is 129 cm³/mol. The zero-order valence-corrected chi connectivity index (χ0v) is 19.5. The lowest BCUT2D eigenvalue weighted by Gasteiger charge is -2.15. The summed E-state index contributed by atoms with van der Waals surface area (Å²) in [5.74, 6) is 1.17. The molecule has 0 bridgehead atoms. The zero-order valence-electron chi connectivity index (χ0n) is 18.0. The van der Waals surface area contributed by atoms with E-state index in [1.807, 2.05) is 37.3 Å². The third-order valence-corrected chi connectivity index (χ3v) is 5.31. The Balaban J connectivity index is 1.63. The lowest BCUT2D eigenvalue weighted by atomic mass is 10.2. The maximum absolute atomic E-state index is 12.2. The molecule has 0 aliphatic heterocycles. The second-order valence-electron chi connectivity index (χ2n) is 7.00. The van der Waals surface area contributed by atoms with Gasteiger partial charge < -0.3 is 24.8 Å². The number of hydrogen-bond acceptors (Lipinski definition) is 5. The maximum atomic E-state index is 12.2. The van der Waals surface area contributed by atoms with Crippen molar-refractivity contribution >= 4 is 40.5 Å². The van der Waals surface area contributed by atoms with Gasteiger partial charge in [0.1, 0.15) is 5.75 Å². The first-order valence-corrected chi connectivity index (χ1v) is 10.6. The minimum atomic E-state index is -0.283. The summed E-state index contributed by atoms with van der Waals surface area (Å²) in [6, 6.07) is 16.3. The number of aryl methyl sites for hydroxylation is 1. The Labute approximate surface area is 197 Å². The highest BCUT2D eigenvalue weighted by molar-refractivity contribution is 6.32. The zero-order chi connectivity index (χ0) is 23.1. The minimum absolute atomic E-state index is 0.178. The second kappa shape index (κ2) is 11.0. The molecule has 0 aromatic heterocycles. The summed E-state index contributed by atoms with van der Waals surface area (Å²) in [5.41, 5.74) is 3.43. The van der Waals surface area contributed by atoms with Gasteiger partial charge in [0.05, 0.1) is 19.2 Å². The standard InChI is InChI=1S/C24H24Cl2N2O4/c1-15-4-6-17(7-5-15)28-24(29)14-32-23-12-19(25)16(10-22(23)31-3)13-27-18-8-9-21(30-2)20(26)11-18/h4-12,27H,13-14H2,1-3H3,(H,28,29). The number of methoxy groups -OCH3 is 2. The van der Waals surface area contributed by atoms with E-state index >= 15 is 0 Å². The molecule has 1 amide bonds. The van der Waals surface area contributed by atoms with Gasteiger partial charge >= 0.3 is 0 Å². The first-order valence-electron chi connectivity index (χ1n) is 9.82. The molecule has 3 rings (SSSR count). The van der Waals surface area contributed by atoms with Crippen LogP contribution in [-0.2, 0) is 11.3 Å². The molecule has 0 saturated carbocycles. The van der Waals surface area contributed by atoms with Gasteiger partial charge in [0.15, 0.2) is 18.1 Å². The molecule has 0 aliphatic rings.